The van der Waals surface area contributed by atoms with Crippen molar-refractivity contribution in [1.82, 2.24) is 4.90 Å². The lowest BCUT2D eigenvalue weighted by molar-refractivity contribution is -0.0188. The van der Waals surface area contributed by atoms with Crippen LogP contribution in [-0.2, 0) is 24.8 Å². The van der Waals surface area contributed by atoms with Crippen molar-refractivity contribution in [2.45, 2.75) is 71.8 Å². The van der Waals surface area contributed by atoms with Gasteiger partial charge in [-0.2, -0.15) is 8.42 Å². The number of piperidine rings is 1. The Bertz CT molecular complexity index is 778. The van der Waals surface area contributed by atoms with Gasteiger partial charge in [-0.1, -0.05) is 51.1 Å². The Balaban J connectivity index is 1.99. The Kier molecular flexibility index (Phi) is 7.38. The molecule has 1 saturated heterocycles. The maximum Gasteiger partial charge on any atom is 0.410 e. The molecule has 0 radical (unpaired) electrons. The van der Waals surface area contributed by atoms with Crippen molar-refractivity contribution in [3.8, 4) is 0 Å². The number of likely N-dealkylation sites (tertiary alicyclic amines) is 1. The van der Waals surface area contributed by atoms with Gasteiger partial charge >= 0.3 is 6.09 Å². The lowest BCUT2D eigenvalue weighted by Gasteiger charge is -2.45. The summed E-state index contributed by atoms with van der Waals surface area (Å²) < 4.78 is 35.6. The fourth-order valence-corrected chi connectivity index (χ4v) is 4.65. The van der Waals surface area contributed by atoms with Gasteiger partial charge in [0.2, 0.25) is 0 Å². The molecule has 1 heterocycles. The first-order valence-corrected chi connectivity index (χ1v) is 11.8. The van der Waals surface area contributed by atoms with E-state index in [9.17, 15) is 13.2 Å². The lowest BCUT2D eigenvalue weighted by Crippen LogP contribution is -2.53. The van der Waals surface area contributed by atoms with Gasteiger partial charge in [0, 0.05) is 12.6 Å². The van der Waals surface area contributed by atoms with Gasteiger partial charge in [-0.3, -0.25) is 4.18 Å². The average molecular weight is 426 g/mol. The van der Waals surface area contributed by atoms with Crippen LogP contribution in [0.25, 0.3) is 0 Å². The fourth-order valence-electron chi connectivity index (χ4n) is 3.57. The van der Waals surface area contributed by atoms with E-state index in [-0.39, 0.29) is 35.8 Å². The number of benzene rings is 1. The van der Waals surface area contributed by atoms with E-state index in [4.69, 9.17) is 8.92 Å². The quantitative estimate of drug-likeness (QED) is 0.645. The van der Waals surface area contributed by atoms with Gasteiger partial charge in [0.15, 0.2) is 0 Å². The Morgan fingerprint density at radius 1 is 1.10 bits per heavy atom. The summed E-state index contributed by atoms with van der Waals surface area (Å²) in [5, 5.41) is 0. The summed E-state index contributed by atoms with van der Waals surface area (Å²) in [5.41, 5.74) is 0.00328. The molecule has 1 amide bonds. The standard InChI is InChI=1S/C22H35NO5S/c1-21(2,3)19-14-18(12-13-23(19)20(24)28-22(4,5)6)15-27-29(25,26)16-17-10-8-7-9-11-17/h7-11,18-19H,12-16H2,1-6H3. The molecule has 0 bridgehead atoms. The van der Waals surface area contributed by atoms with Crippen molar-refractivity contribution >= 4 is 16.2 Å². The number of rotatable bonds is 5. The maximum absolute atomic E-state index is 12.7. The summed E-state index contributed by atoms with van der Waals surface area (Å²) in [6.45, 7) is 12.5. The van der Waals surface area contributed by atoms with Crippen molar-refractivity contribution < 1.29 is 22.1 Å². The molecular formula is C22H35NO5S. The molecule has 1 fully saturated rings. The first-order valence-electron chi connectivity index (χ1n) is 10.2. The molecule has 7 heteroatoms. The summed E-state index contributed by atoms with van der Waals surface area (Å²) in [4.78, 5) is 14.5. The van der Waals surface area contributed by atoms with Gasteiger partial charge in [0.25, 0.3) is 10.1 Å². The van der Waals surface area contributed by atoms with Crippen molar-refractivity contribution in [3.63, 3.8) is 0 Å². The van der Waals surface area contributed by atoms with E-state index in [1.807, 2.05) is 39.0 Å². The number of hydrogen-bond donors (Lipinski definition) is 0. The predicted molar refractivity (Wildman–Crippen MR) is 114 cm³/mol. The largest absolute Gasteiger partial charge is 0.444 e. The van der Waals surface area contributed by atoms with E-state index in [0.29, 0.717) is 24.9 Å². The fraction of sp³-hybridized carbons (Fsp3) is 0.682. The molecule has 1 aromatic carbocycles. The molecule has 2 unspecified atom stereocenters. The van der Waals surface area contributed by atoms with Crippen molar-refractivity contribution in [2.75, 3.05) is 13.2 Å². The second-order valence-electron chi connectivity index (χ2n) is 9.92. The SMILES string of the molecule is CC(C)(C)OC(=O)N1CCC(COS(=O)(=O)Cc2ccccc2)CC1C(C)(C)C. The Labute approximate surface area is 175 Å². The number of carbonyl (C=O) groups excluding carboxylic acids is 1. The highest BCUT2D eigenvalue weighted by Crippen LogP contribution is 2.35. The topological polar surface area (TPSA) is 72.9 Å². The third kappa shape index (κ3) is 7.63. The van der Waals surface area contributed by atoms with E-state index in [1.54, 1.807) is 17.0 Å². The van der Waals surface area contributed by atoms with Gasteiger partial charge in [0.1, 0.15) is 11.4 Å². The molecule has 0 aliphatic carbocycles. The third-order valence-electron chi connectivity index (χ3n) is 5.01. The van der Waals surface area contributed by atoms with Crippen molar-refractivity contribution in [1.29, 1.82) is 0 Å². The molecule has 164 valence electrons. The Hall–Kier alpha value is -1.60. The van der Waals surface area contributed by atoms with Crippen LogP contribution >= 0.6 is 0 Å². The lowest BCUT2D eigenvalue weighted by atomic mass is 9.77. The highest BCUT2D eigenvalue weighted by Gasteiger charge is 2.40. The van der Waals surface area contributed by atoms with Crippen molar-refractivity contribution in [3.05, 3.63) is 35.9 Å². The molecule has 0 N–H and O–H groups in total. The molecule has 0 aromatic heterocycles. The van der Waals surface area contributed by atoms with E-state index in [1.165, 1.54) is 0 Å². The van der Waals surface area contributed by atoms with Crippen LogP contribution in [0.2, 0.25) is 0 Å². The summed E-state index contributed by atoms with van der Waals surface area (Å²) in [6, 6.07) is 8.97. The smallest absolute Gasteiger partial charge is 0.410 e. The number of amides is 1. The molecule has 29 heavy (non-hydrogen) atoms. The summed E-state index contributed by atoms with van der Waals surface area (Å²) >= 11 is 0. The van der Waals surface area contributed by atoms with Crippen LogP contribution in [0.4, 0.5) is 4.79 Å². The predicted octanol–water partition coefficient (Wildman–Crippen LogP) is 4.59. The number of nitrogens with zero attached hydrogens (tertiary/aromatic N) is 1. The molecule has 1 aliphatic heterocycles. The number of carbonyl (C=O) groups is 1. The monoisotopic (exact) mass is 425 g/mol. The third-order valence-corrected chi connectivity index (χ3v) is 6.19. The van der Waals surface area contributed by atoms with Crippen LogP contribution in [0.15, 0.2) is 30.3 Å². The zero-order valence-electron chi connectivity index (χ0n) is 18.5. The van der Waals surface area contributed by atoms with Crippen LogP contribution in [0.5, 0.6) is 0 Å². The van der Waals surface area contributed by atoms with Gasteiger partial charge in [-0.25, -0.2) is 4.79 Å². The highest BCUT2D eigenvalue weighted by molar-refractivity contribution is 7.85. The van der Waals surface area contributed by atoms with Crippen LogP contribution in [-0.4, -0.2) is 44.2 Å². The minimum absolute atomic E-state index is 0.0449. The van der Waals surface area contributed by atoms with Crippen LogP contribution in [0.3, 0.4) is 0 Å². The van der Waals surface area contributed by atoms with E-state index in [2.05, 4.69) is 20.8 Å². The first-order chi connectivity index (χ1) is 13.3. The normalized spacial score (nSPS) is 21.1. The van der Waals surface area contributed by atoms with Crippen LogP contribution in [0, 0.1) is 11.3 Å². The zero-order chi connectivity index (χ0) is 21.9. The van der Waals surface area contributed by atoms with Gasteiger partial charge < -0.3 is 9.64 Å². The molecule has 6 nitrogen and oxygen atoms in total. The molecule has 0 saturated carbocycles. The molecule has 0 spiro atoms. The van der Waals surface area contributed by atoms with E-state index >= 15 is 0 Å². The minimum Gasteiger partial charge on any atom is -0.444 e. The summed E-state index contributed by atoms with van der Waals surface area (Å²) in [6.07, 6.45) is 1.06. The van der Waals surface area contributed by atoms with Crippen molar-refractivity contribution in [2.24, 2.45) is 11.3 Å². The average Bonchev–Trinajstić information content (AvgIpc) is 2.58. The second kappa shape index (κ2) is 9.04. The molecule has 1 aromatic rings. The second-order valence-corrected chi connectivity index (χ2v) is 11.6. The Morgan fingerprint density at radius 3 is 2.28 bits per heavy atom. The highest BCUT2D eigenvalue weighted by atomic mass is 32.2. The number of ether oxygens (including phenoxy) is 1. The van der Waals surface area contributed by atoms with Crippen LogP contribution < -0.4 is 0 Å². The van der Waals surface area contributed by atoms with Gasteiger partial charge in [-0.05, 0) is 50.5 Å². The van der Waals surface area contributed by atoms with E-state index < -0.39 is 15.7 Å². The van der Waals surface area contributed by atoms with Crippen LogP contribution in [0.1, 0.15) is 59.9 Å². The molecule has 2 atom stereocenters. The molecule has 1 aliphatic rings. The number of hydrogen-bond acceptors (Lipinski definition) is 5. The first kappa shape index (κ1) is 23.7. The summed E-state index contributed by atoms with van der Waals surface area (Å²) in [7, 11) is -3.65. The van der Waals surface area contributed by atoms with Gasteiger partial charge in [0.05, 0.1) is 6.61 Å². The molecular weight excluding hydrogens is 390 g/mol. The zero-order valence-corrected chi connectivity index (χ0v) is 19.3. The Morgan fingerprint density at radius 2 is 1.72 bits per heavy atom. The maximum atomic E-state index is 12.7. The van der Waals surface area contributed by atoms with Gasteiger partial charge in [-0.15, -0.1) is 0 Å². The summed E-state index contributed by atoms with van der Waals surface area (Å²) in [5.74, 6) is -0.0590. The van der Waals surface area contributed by atoms with E-state index in [0.717, 1.165) is 0 Å². The molecule has 2 rings (SSSR count). The minimum atomic E-state index is -3.65.